The average molecular weight is 320 g/mol. The summed E-state index contributed by atoms with van der Waals surface area (Å²) in [6, 6.07) is 24.8. The van der Waals surface area contributed by atoms with Crippen molar-refractivity contribution in [2.75, 3.05) is 0 Å². The third-order valence-electron chi connectivity index (χ3n) is 4.43. The van der Waals surface area contributed by atoms with Gasteiger partial charge < -0.3 is 9.52 Å². The molecule has 3 aromatic rings. The maximum absolute atomic E-state index is 10.6. The van der Waals surface area contributed by atoms with Crippen molar-refractivity contribution in [3.8, 4) is 0 Å². The molecule has 1 heterocycles. The van der Waals surface area contributed by atoms with E-state index in [4.69, 9.17) is 4.42 Å². The van der Waals surface area contributed by atoms with E-state index in [0.717, 1.165) is 17.9 Å². The highest BCUT2D eigenvalue weighted by molar-refractivity contribution is 5.32. The molecule has 1 unspecified atom stereocenters. The SMILES string of the molecule is Cc1ccc(CCC(O)CC(c2ccccc2)c2ccccc2)o1. The fraction of sp³-hybridized carbons (Fsp3) is 0.273. The summed E-state index contributed by atoms with van der Waals surface area (Å²) in [5.74, 6) is 2.08. The summed E-state index contributed by atoms with van der Waals surface area (Å²) < 4.78 is 5.60. The lowest BCUT2D eigenvalue weighted by molar-refractivity contribution is 0.147. The van der Waals surface area contributed by atoms with Crippen molar-refractivity contribution in [3.05, 3.63) is 95.4 Å². The summed E-state index contributed by atoms with van der Waals surface area (Å²) in [6.07, 6.45) is 1.84. The number of hydrogen-bond donors (Lipinski definition) is 1. The van der Waals surface area contributed by atoms with Crippen LogP contribution in [0.25, 0.3) is 0 Å². The Morgan fingerprint density at radius 1 is 0.833 bits per heavy atom. The molecule has 2 heteroatoms. The van der Waals surface area contributed by atoms with Crippen molar-refractivity contribution in [2.45, 2.75) is 38.2 Å². The van der Waals surface area contributed by atoms with Crippen LogP contribution < -0.4 is 0 Å². The van der Waals surface area contributed by atoms with Crippen molar-refractivity contribution in [1.29, 1.82) is 0 Å². The number of aliphatic hydroxyl groups is 1. The largest absolute Gasteiger partial charge is 0.466 e. The minimum absolute atomic E-state index is 0.209. The van der Waals surface area contributed by atoms with Crippen LogP contribution in [-0.2, 0) is 6.42 Å². The zero-order valence-corrected chi connectivity index (χ0v) is 14.1. The Morgan fingerprint density at radius 3 is 1.92 bits per heavy atom. The first-order valence-electron chi connectivity index (χ1n) is 8.55. The van der Waals surface area contributed by atoms with Crippen molar-refractivity contribution in [3.63, 3.8) is 0 Å². The summed E-state index contributed by atoms with van der Waals surface area (Å²) in [5.41, 5.74) is 2.49. The van der Waals surface area contributed by atoms with Crippen LogP contribution in [0.4, 0.5) is 0 Å². The molecule has 0 fully saturated rings. The molecule has 0 saturated carbocycles. The summed E-state index contributed by atoms with van der Waals surface area (Å²) in [6.45, 7) is 1.95. The molecule has 0 amide bonds. The van der Waals surface area contributed by atoms with Crippen LogP contribution in [0.1, 0.15) is 41.4 Å². The highest BCUT2D eigenvalue weighted by atomic mass is 16.3. The number of aryl methyl sites for hydroxylation is 2. The van der Waals surface area contributed by atoms with Crippen LogP contribution in [0, 0.1) is 6.92 Å². The molecule has 1 atom stereocenters. The number of rotatable bonds is 7. The van der Waals surface area contributed by atoms with E-state index in [-0.39, 0.29) is 12.0 Å². The van der Waals surface area contributed by atoms with Gasteiger partial charge in [-0.1, -0.05) is 60.7 Å². The molecule has 3 rings (SSSR count). The molecular formula is C22H24O2. The molecule has 1 aromatic heterocycles. The fourth-order valence-electron chi connectivity index (χ4n) is 3.15. The van der Waals surface area contributed by atoms with Gasteiger partial charge in [0.1, 0.15) is 11.5 Å². The summed E-state index contributed by atoms with van der Waals surface area (Å²) in [7, 11) is 0. The maximum atomic E-state index is 10.6. The molecule has 0 spiro atoms. The fourth-order valence-corrected chi connectivity index (χ4v) is 3.15. The maximum Gasteiger partial charge on any atom is 0.104 e. The van der Waals surface area contributed by atoms with E-state index in [1.54, 1.807) is 0 Å². The molecule has 0 aliphatic rings. The van der Waals surface area contributed by atoms with Gasteiger partial charge in [-0.25, -0.2) is 0 Å². The van der Waals surface area contributed by atoms with Crippen LogP contribution in [0.2, 0.25) is 0 Å². The second-order valence-corrected chi connectivity index (χ2v) is 6.31. The molecule has 0 aliphatic heterocycles. The molecule has 2 nitrogen and oxygen atoms in total. The Morgan fingerprint density at radius 2 is 1.42 bits per heavy atom. The number of aliphatic hydroxyl groups excluding tert-OH is 1. The quantitative estimate of drug-likeness (QED) is 0.657. The predicted octanol–water partition coefficient (Wildman–Crippen LogP) is 5.10. The monoisotopic (exact) mass is 320 g/mol. The molecule has 24 heavy (non-hydrogen) atoms. The Hall–Kier alpha value is -2.32. The lowest BCUT2D eigenvalue weighted by Crippen LogP contribution is -2.14. The smallest absolute Gasteiger partial charge is 0.104 e. The molecule has 0 saturated heterocycles. The topological polar surface area (TPSA) is 33.4 Å². The van der Waals surface area contributed by atoms with Crippen molar-refractivity contribution >= 4 is 0 Å². The second-order valence-electron chi connectivity index (χ2n) is 6.31. The average Bonchev–Trinajstić information content (AvgIpc) is 3.05. The van der Waals surface area contributed by atoms with Crippen LogP contribution in [0.15, 0.2) is 77.2 Å². The van der Waals surface area contributed by atoms with Gasteiger partial charge in [-0.2, -0.15) is 0 Å². The van der Waals surface area contributed by atoms with Gasteiger partial charge in [0.25, 0.3) is 0 Å². The lowest BCUT2D eigenvalue weighted by Gasteiger charge is -2.21. The van der Waals surface area contributed by atoms with E-state index in [0.29, 0.717) is 12.8 Å². The predicted molar refractivity (Wildman–Crippen MR) is 97.1 cm³/mol. The van der Waals surface area contributed by atoms with Gasteiger partial charge in [-0.05, 0) is 43.0 Å². The van der Waals surface area contributed by atoms with Gasteiger partial charge in [0, 0.05) is 12.3 Å². The Balaban J connectivity index is 1.69. The lowest BCUT2D eigenvalue weighted by atomic mass is 9.86. The van der Waals surface area contributed by atoms with Gasteiger partial charge in [-0.3, -0.25) is 0 Å². The first kappa shape index (κ1) is 16.5. The number of benzene rings is 2. The van der Waals surface area contributed by atoms with Crippen molar-refractivity contribution in [1.82, 2.24) is 0 Å². The van der Waals surface area contributed by atoms with Crippen molar-refractivity contribution < 1.29 is 9.52 Å². The summed E-state index contributed by atoms with van der Waals surface area (Å²) in [5, 5.41) is 10.6. The summed E-state index contributed by atoms with van der Waals surface area (Å²) in [4.78, 5) is 0. The van der Waals surface area contributed by atoms with Crippen LogP contribution in [0.3, 0.4) is 0 Å². The van der Waals surface area contributed by atoms with Gasteiger partial charge in [0.15, 0.2) is 0 Å². The van der Waals surface area contributed by atoms with Gasteiger partial charge in [0.05, 0.1) is 6.10 Å². The minimum Gasteiger partial charge on any atom is -0.466 e. The van der Waals surface area contributed by atoms with Crippen molar-refractivity contribution in [2.24, 2.45) is 0 Å². The minimum atomic E-state index is -0.360. The molecule has 0 bridgehead atoms. The van der Waals surface area contributed by atoms with Crippen LogP contribution in [0.5, 0.6) is 0 Å². The van der Waals surface area contributed by atoms with Crippen LogP contribution >= 0.6 is 0 Å². The van der Waals surface area contributed by atoms with Gasteiger partial charge >= 0.3 is 0 Å². The zero-order valence-electron chi connectivity index (χ0n) is 14.1. The third kappa shape index (κ3) is 4.36. The van der Waals surface area contributed by atoms with Crippen LogP contribution in [-0.4, -0.2) is 11.2 Å². The molecule has 2 aromatic carbocycles. The molecular weight excluding hydrogens is 296 g/mol. The molecule has 0 aliphatic carbocycles. The molecule has 124 valence electrons. The zero-order chi connectivity index (χ0) is 16.8. The first-order chi connectivity index (χ1) is 11.7. The molecule has 1 N–H and O–H groups in total. The van der Waals surface area contributed by atoms with Gasteiger partial charge in [0.2, 0.25) is 0 Å². The van der Waals surface area contributed by atoms with E-state index in [1.807, 2.05) is 31.2 Å². The number of furan rings is 1. The van der Waals surface area contributed by atoms with E-state index < -0.39 is 0 Å². The summed E-state index contributed by atoms with van der Waals surface area (Å²) >= 11 is 0. The highest BCUT2D eigenvalue weighted by Crippen LogP contribution is 2.30. The Bertz CT molecular complexity index is 691. The van der Waals surface area contributed by atoms with Gasteiger partial charge in [-0.15, -0.1) is 0 Å². The number of hydrogen-bond acceptors (Lipinski definition) is 2. The van der Waals surface area contributed by atoms with E-state index in [2.05, 4.69) is 48.5 Å². The van der Waals surface area contributed by atoms with E-state index in [1.165, 1.54) is 11.1 Å². The Labute approximate surface area is 143 Å². The standard InChI is InChI=1S/C22H24O2/c1-17-12-14-21(24-17)15-13-20(23)16-22(18-8-4-2-5-9-18)19-10-6-3-7-11-19/h2-12,14,20,22-23H,13,15-16H2,1H3. The Kier molecular flexibility index (Phi) is 5.50. The first-order valence-corrected chi connectivity index (χ1v) is 8.55. The second kappa shape index (κ2) is 7.98. The highest BCUT2D eigenvalue weighted by Gasteiger charge is 2.18. The third-order valence-corrected chi connectivity index (χ3v) is 4.43. The normalized spacial score (nSPS) is 12.5. The van der Waals surface area contributed by atoms with E-state index in [9.17, 15) is 5.11 Å². The van der Waals surface area contributed by atoms with E-state index >= 15 is 0 Å². The molecule has 0 radical (unpaired) electrons.